The highest BCUT2D eigenvalue weighted by Gasteiger charge is 2.13. The second kappa shape index (κ2) is 9.90. The smallest absolute Gasteiger partial charge is 0.0709 e. The summed E-state index contributed by atoms with van der Waals surface area (Å²) in [5.74, 6) is 0. The first kappa shape index (κ1) is 24.8. The zero-order valence-corrected chi connectivity index (χ0v) is 24.0. The van der Waals surface area contributed by atoms with Gasteiger partial charge in [-0.1, -0.05) is 133 Å². The Balaban J connectivity index is 1.21. The third-order valence-electron chi connectivity index (χ3n) is 9.03. The van der Waals surface area contributed by atoms with Gasteiger partial charge in [0.2, 0.25) is 0 Å². The summed E-state index contributed by atoms with van der Waals surface area (Å²) < 4.78 is 0. The van der Waals surface area contributed by atoms with Crippen LogP contribution in [0.4, 0.5) is 0 Å². The number of benzene rings is 8. The predicted octanol–water partition coefficient (Wildman–Crippen LogP) is 11.8. The molecule has 0 saturated carbocycles. The molecule has 9 rings (SSSR count). The molecule has 0 aliphatic rings. The third-order valence-corrected chi connectivity index (χ3v) is 9.03. The first-order valence-electron chi connectivity index (χ1n) is 15.1. The van der Waals surface area contributed by atoms with Crippen LogP contribution < -0.4 is 0 Å². The Bertz CT molecular complexity index is 2530. The van der Waals surface area contributed by atoms with Crippen LogP contribution in [0, 0.1) is 0 Å². The van der Waals surface area contributed by atoms with Crippen LogP contribution in [-0.4, -0.2) is 4.98 Å². The fourth-order valence-corrected chi connectivity index (χ4v) is 6.87. The summed E-state index contributed by atoms with van der Waals surface area (Å²) in [6.07, 6.45) is 0. The van der Waals surface area contributed by atoms with Crippen LogP contribution >= 0.6 is 0 Å². The molecule has 8 aromatic carbocycles. The van der Waals surface area contributed by atoms with E-state index in [1.807, 2.05) is 6.07 Å². The predicted molar refractivity (Wildman–Crippen MR) is 188 cm³/mol. The van der Waals surface area contributed by atoms with Crippen LogP contribution in [0.3, 0.4) is 0 Å². The topological polar surface area (TPSA) is 12.9 Å². The minimum Gasteiger partial charge on any atom is -0.248 e. The van der Waals surface area contributed by atoms with Gasteiger partial charge >= 0.3 is 0 Å². The van der Waals surface area contributed by atoms with Crippen molar-refractivity contribution in [1.29, 1.82) is 0 Å². The monoisotopic (exact) mass is 557 g/mol. The number of rotatable bonds is 3. The molecule has 1 heteroatoms. The molecule has 0 radical (unpaired) electrons. The Morgan fingerprint density at radius 3 is 1.68 bits per heavy atom. The van der Waals surface area contributed by atoms with E-state index in [4.69, 9.17) is 4.98 Å². The summed E-state index contributed by atoms with van der Waals surface area (Å²) >= 11 is 0. The maximum Gasteiger partial charge on any atom is 0.0709 e. The summed E-state index contributed by atoms with van der Waals surface area (Å²) in [7, 11) is 0. The molecule has 0 fully saturated rings. The van der Waals surface area contributed by atoms with Gasteiger partial charge in [0.15, 0.2) is 0 Å². The van der Waals surface area contributed by atoms with Crippen molar-refractivity contribution < 1.29 is 0 Å². The van der Waals surface area contributed by atoms with Crippen molar-refractivity contribution in [1.82, 2.24) is 4.98 Å². The number of fused-ring (bicyclic) bond motifs is 8. The molecule has 1 heterocycles. The summed E-state index contributed by atoms with van der Waals surface area (Å²) in [6, 6.07) is 59.3. The minimum atomic E-state index is 0.996. The Kier molecular flexibility index (Phi) is 5.57. The molecule has 0 amide bonds. The summed E-state index contributed by atoms with van der Waals surface area (Å²) in [5.41, 5.74) is 8.09. The van der Waals surface area contributed by atoms with Crippen LogP contribution in [0.1, 0.15) is 0 Å². The van der Waals surface area contributed by atoms with E-state index in [9.17, 15) is 0 Å². The van der Waals surface area contributed by atoms with E-state index in [-0.39, 0.29) is 0 Å². The van der Waals surface area contributed by atoms with Crippen molar-refractivity contribution in [3.8, 4) is 33.5 Å². The number of hydrogen-bond donors (Lipinski definition) is 0. The SMILES string of the molecule is c1cc(-c2ccc3c4ccc(-c5ccc6ccccc6n5)cc4c4ccccc4c3c2)cc(-c2cccc3ccccc23)c1. The van der Waals surface area contributed by atoms with Crippen molar-refractivity contribution in [3.63, 3.8) is 0 Å². The van der Waals surface area contributed by atoms with E-state index < -0.39 is 0 Å². The van der Waals surface area contributed by atoms with Gasteiger partial charge < -0.3 is 0 Å². The Morgan fingerprint density at radius 1 is 0.295 bits per heavy atom. The van der Waals surface area contributed by atoms with Gasteiger partial charge in [0.05, 0.1) is 11.2 Å². The van der Waals surface area contributed by atoms with E-state index in [1.165, 1.54) is 65.3 Å². The van der Waals surface area contributed by atoms with Crippen LogP contribution in [0.25, 0.3) is 87.5 Å². The Morgan fingerprint density at radius 2 is 0.864 bits per heavy atom. The first-order chi connectivity index (χ1) is 21.8. The zero-order valence-electron chi connectivity index (χ0n) is 24.0. The standard InChI is InChI=1S/C43H27N/c1-3-14-34-28(9-1)11-8-17-35(34)32-13-7-12-30(25-32)31-19-22-38-39-23-20-33(43-24-21-29-10-2-6-18-42(29)44-43)27-41(39)37-16-5-4-15-36(37)40(38)26-31/h1-27H. The van der Waals surface area contributed by atoms with Crippen LogP contribution in [-0.2, 0) is 0 Å². The van der Waals surface area contributed by atoms with Crippen LogP contribution in [0.5, 0.6) is 0 Å². The molecule has 44 heavy (non-hydrogen) atoms. The molecular formula is C43H27N. The average Bonchev–Trinajstić information content (AvgIpc) is 3.11. The highest BCUT2D eigenvalue weighted by atomic mass is 14.7. The van der Waals surface area contributed by atoms with Gasteiger partial charge in [0.25, 0.3) is 0 Å². The van der Waals surface area contributed by atoms with Crippen molar-refractivity contribution in [2.45, 2.75) is 0 Å². The second-order valence-electron chi connectivity index (χ2n) is 11.6. The Labute approximate surface area is 255 Å². The molecule has 0 N–H and O–H groups in total. The van der Waals surface area contributed by atoms with E-state index in [1.54, 1.807) is 0 Å². The lowest BCUT2D eigenvalue weighted by molar-refractivity contribution is 1.40. The highest BCUT2D eigenvalue weighted by molar-refractivity contribution is 6.26. The molecule has 1 nitrogen and oxygen atoms in total. The lowest BCUT2D eigenvalue weighted by Crippen LogP contribution is -1.88. The molecule has 0 bridgehead atoms. The molecule has 0 saturated heterocycles. The second-order valence-corrected chi connectivity index (χ2v) is 11.6. The van der Waals surface area contributed by atoms with Crippen LogP contribution in [0.15, 0.2) is 164 Å². The third kappa shape index (κ3) is 3.98. The fourth-order valence-electron chi connectivity index (χ4n) is 6.87. The van der Waals surface area contributed by atoms with Crippen molar-refractivity contribution in [3.05, 3.63) is 164 Å². The lowest BCUT2D eigenvalue weighted by atomic mass is 9.90. The minimum absolute atomic E-state index is 0.996. The van der Waals surface area contributed by atoms with Gasteiger partial charge in [0, 0.05) is 10.9 Å². The van der Waals surface area contributed by atoms with Crippen LogP contribution in [0.2, 0.25) is 0 Å². The molecule has 204 valence electrons. The highest BCUT2D eigenvalue weighted by Crippen LogP contribution is 2.39. The fraction of sp³-hybridized carbons (Fsp3) is 0. The molecule has 0 atom stereocenters. The lowest BCUT2D eigenvalue weighted by Gasteiger charge is -2.14. The maximum absolute atomic E-state index is 4.99. The molecule has 9 aromatic rings. The van der Waals surface area contributed by atoms with Gasteiger partial charge in [-0.3, -0.25) is 0 Å². The van der Waals surface area contributed by atoms with Gasteiger partial charge in [-0.25, -0.2) is 4.98 Å². The van der Waals surface area contributed by atoms with E-state index in [0.717, 1.165) is 22.2 Å². The summed E-state index contributed by atoms with van der Waals surface area (Å²) in [6.45, 7) is 0. The van der Waals surface area contributed by atoms with Crippen molar-refractivity contribution in [2.24, 2.45) is 0 Å². The molecule has 1 aromatic heterocycles. The number of para-hydroxylation sites is 1. The van der Waals surface area contributed by atoms with E-state index >= 15 is 0 Å². The summed E-state index contributed by atoms with van der Waals surface area (Å²) in [5, 5.41) is 11.3. The van der Waals surface area contributed by atoms with Gasteiger partial charge in [-0.15, -0.1) is 0 Å². The van der Waals surface area contributed by atoms with Crippen molar-refractivity contribution in [2.75, 3.05) is 0 Å². The number of aromatic nitrogens is 1. The Hall–Kier alpha value is -5.79. The molecular weight excluding hydrogens is 530 g/mol. The first-order valence-corrected chi connectivity index (χ1v) is 15.1. The number of nitrogens with zero attached hydrogens (tertiary/aromatic N) is 1. The molecule has 0 aliphatic heterocycles. The largest absolute Gasteiger partial charge is 0.248 e. The maximum atomic E-state index is 4.99. The van der Waals surface area contributed by atoms with E-state index in [0.29, 0.717) is 0 Å². The number of pyridine rings is 1. The quantitative estimate of drug-likeness (QED) is 0.197. The van der Waals surface area contributed by atoms with Gasteiger partial charge in [-0.2, -0.15) is 0 Å². The van der Waals surface area contributed by atoms with Gasteiger partial charge in [-0.05, 0) is 95.7 Å². The van der Waals surface area contributed by atoms with Crippen molar-refractivity contribution >= 4 is 54.0 Å². The molecule has 0 aliphatic carbocycles. The van der Waals surface area contributed by atoms with E-state index in [2.05, 4.69) is 158 Å². The normalized spacial score (nSPS) is 11.6. The average molecular weight is 558 g/mol. The summed E-state index contributed by atoms with van der Waals surface area (Å²) in [4.78, 5) is 4.99. The molecule has 0 unspecified atom stereocenters. The van der Waals surface area contributed by atoms with Gasteiger partial charge in [0.1, 0.15) is 0 Å². The zero-order chi connectivity index (χ0) is 29.0. The number of hydrogen-bond acceptors (Lipinski definition) is 1. The molecule has 0 spiro atoms.